The van der Waals surface area contributed by atoms with Crippen LogP contribution in [0, 0.1) is 17.8 Å². The van der Waals surface area contributed by atoms with Crippen LogP contribution in [-0.4, -0.2) is 23.5 Å². The van der Waals surface area contributed by atoms with Gasteiger partial charge >= 0.3 is 5.97 Å². The molecule has 1 aromatic carbocycles. The molecular weight excluding hydrogens is 316 g/mol. The Bertz CT molecular complexity index is 622. The lowest BCUT2D eigenvalue weighted by Crippen LogP contribution is -2.36. The summed E-state index contributed by atoms with van der Waals surface area (Å²) in [6.45, 7) is 6.68. The second-order valence-corrected chi connectivity index (χ2v) is 7.71. The first-order valence-electron chi connectivity index (χ1n) is 9.27. The van der Waals surface area contributed by atoms with Crippen LogP contribution in [0.15, 0.2) is 42.0 Å². The van der Waals surface area contributed by atoms with Crippen LogP contribution >= 0.6 is 0 Å². The molecule has 0 radical (unpaired) electrons. The number of aliphatic hydroxyl groups excluding tert-OH is 1. The smallest absolute Gasteiger partial charge is 0.339 e. The summed E-state index contributed by atoms with van der Waals surface area (Å²) in [4.78, 5) is 12.2. The maximum absolute atomic E-state index is 12.2. The summed E-state index contributed by atoms with van der Waals surface area (Å²) in [5, 5.41) is 10.5. The van der Waals surface area contributed by atoms with Gasteiger partial charge in [-0.15, -0.1) is 0 Å². The van der Waals surface area contributed by atoms with Crippen molar-refractivity contribution < 1.29 is 19.4 Å². The lowest BCUT2D eigenvalue weighted by atomic mass is 9.75. The summed E-state index contributed by atoms with van der Waals surface area (Å²) >= 11 is 0. The zero-order valence-corrected chi connectivity index (χ0v) is 15.2. The van der Waals surface area contributed by atoms with E-state index >= 15 is 0 Å². The van der Waals surface area contributed by atoms with Gasteiger partial charge in [-0.2, -0.15) is 0 Å². The molecule has 1 fully saturated rings. The molecule has 0 spiro atoms. The number of ether oxygens (including phenoxy) is 2. The summed E-state index contributed by atoms with van der Waals surface area (Å²) in [6, 6.07) is 9.14. The summed E-state index contributed by atoms with van der Waals surface area (Å²) < 4.78 is 11.5. The number of aliphatic hydroxyl groups is 1. The number of cyclic esters (lactones) is 1. The summed E-state index contributed by atoms with van der Waals surface area (Å²) in [5.74, 6) is 1.14. The molecule has 4 heteroatoms. The van der Waals surface area contributed by atoms with Crippen molar-refractivity contribution in [1.29, 1.82) is 0 Å². The Hall–Kier alpha value is -1.65. The van der Waals surface area contributed by atoms with Crippen molar-refractivity contribution in [1.82, 2.24) is 0 Å². The van der Waals surface area contributed by atoms with E-state index in [2.05, 4.69) is 20.8 Å². The molecule has 5 atom stereocenters. The second kappa shape index (κ2) is 7.71. The Morgan fingerprint density at radius 2 is 1.92 bits per heavy atom. The van der Waals surface area contributed by atoms with Gasteiger partial charge in [-0.1, -0.05) is 57.5 Å². The summed E-state index contributed by atoms with van der Waals surface area (Å²) in [7, 11) is 0. The minimum atomic E-state index is -0.978. The first kappa shape index (κ1) is 18.2. The van der Waals surface area contributed by atoms with E-state index in [1.165, 1.54) is 6.42 Å². The van der Waals surface area contributed by atoms with E-state index in [1.807, 2.05) is 18.2 Å². The van der Waals surface area contributed by atoms with E-state index < -0.39 is 18.4 Å². The zero-order valence-electron chi connectivity index (χ0n) is 15.2. The Morgan fingerprint density at radius 3 is 2.60 bits per heavy atom. The molecule has 3 rings (SSSR count). The maximum atomic E-state index is 12.2. The molecule has 0 unspecified atom stereocenters. The largest absolute Gasteiger partial charge is 0.428 e. The molecule has 4 nitrogen and oxygen atoms in total. The fourth-order valence-electron chi connectivity index (χ4n) is 3.95. The Balaban J connectivity index is 1.71. The number of hydrogen-bond acceptors (Lipinski definition) is 4. The molecule has 136 valence electrons. The standard InChI is InChI=1S/C21H28O4/c1-13(2)16-10-9-14(3)11-18(16)24-19-12-17(21(23)25-19)20(22)15-7-5-4-6-8-15/h4-8,12-14,16,18-20,22H,9-11H2,1-3H3/t14-,16+,18-,19-,20-/m1/s1. The average molecular weight is 344 g/mol. The van der Waals surface area contributed by atoms with Gasteiger partial charge in [0.2, 0.25) is 6.29 Å². The molecule has 1 N–H and O–H groups in total. The predicted octanol–water partition coefficient (Wildman–Crippen LogP) is 4.01. The van der Waals surface area contributed by atoms with Gasteiger partial charge in [0.15, 0.2) is 0 Å². The first-order chi connectivity index (χ1) is 12.0. The fourth-order valence-corrected chi connectivity index (χ4v) is 3.95. The molecule has 1 aromatic rings. The molecule has 0 bridgehead atoms. The van der Waals surface area contributed by atoms with Crippen molar-refractivity contribution in [2.75, 3.05) is 0 Å². The zero-order chi connectivity index (χ0) is 18.0. The van der Waals surface area contributed by atoms with Crippen LogP contribution in [0.2, 0.25) is 0 Å². The van der Waals surface area contributed by atoms with Crippen molar-refractivity contribution >= 4 is 5.97 Å². The van der Waals surface area contributed by atoms with E-state index in [0.717, 1.165) is 12.8 Å². The second-order valence-electron chi connectivity index (χ2n) is 7.71. The number of carbonyl (C=O) groups excluding carboxylic acids is 1. The lowest BCUT2D eigenvalue weighted by Gasteiger charge is -2.37. The van der Waals surface area contributed by atoms with Crippen molar-refractivity contribution in [3.05, 3.63) is 47.5 Å². The van der Waals surface area contributed by atoms with Gasteiger partial charge in [-0.05, 0) is 42.2 Å². The molecule has 1 aliphatic carbocycles. The molecule has 25 heavy (non-hydrogen) atoms. The first-order valence-corrected chi connectivity index (χ1v) is 9.27. The van der Waals surface area contributed by atoms with E-state index in [9.17, 15) is 9.90 Å². The third-order valence-electron chi connectivity index (χ3n) is 5.45. The van der Waals surface area contributed by atoms with E-state index in [4.69, 9.17) is 9.47 Å². The molecule has 1 aliphatic heterocycles. The monoisotopic (exact) mass is 344 g/mol. The van der Waals surface area contributed by atoms with Crippen LogP contribution in [0.4, 0.5) is 0 Å². The Labute approximate surface area is 149 Å². The van der Waals surface area contributed by atoms with Gasteiger partial charge in [-0.3, -0.25) is 0 Å². The van der Waals surface area contributed by atoms with Gasteiger partial charge in [0.05, 0.1) is 11.7 Å². The highest BCUT2D eigenvalue weighted by Gasteiger charge is 2.37. The van der Waals surface area contributed by atoms with Crippen molar-refractivity contribution in [3.8, 4) is 0 Å². The van der Waals surface area contributed by atoms with Crippen molar-refractivity contribution in [3.63, 3.8) is 0 Å². The van der Waals surface area contributed by atoms with Crippen molar-refractivity contribution in [2.45, 2.75) is 58.5 Å². The Kier molecular flexibility index (Phi) is 5.60. The summed E-state index contributed by atoms with van der Waals surface area (Å²) in [6.07, 6.45) is 3.41. The highest BCUT2D eigenvalue weighted by molar-refractivity contribution is 5.92. The van der Waals surface area contributed by atoms with E-state index in [0.29, 0.717) is 23.3 Å². The SMILES string of the molecule is CC(C)[C@@H]1CC[C@@H](C)C[C@H]1O[C@H]1C=C([C@H](O)c2ccccc2)C(=O)O1. The van der Waals surface area contributed by atoms with Crippen LogP contribution in [0.1, 0.15) is 51.7 Å². The van der Waals surface area contributed by atoms with Crippen LogP contribution in [0.5, 0.6) is 0 Å². The summed E-state index contributed by atoms with van der Waals surface area (Å²) in [5.41, 5.74) is 0.943. The Morgan fingerprint density at radius 1 is 1.20 bits per heavy atom. The molecule has 1 heterocycles. The number of hydrogen-bond donors (Lipinski definition) is 1. The van der Waals surface area contributed by atoms with Crippen LogP contribution in [0.3, 0.4) is 0 Å². The highest BCUT2D eigenvalue weighted by atomic mass is 16.7. The molecule has 0 saturated heterocycles. The normalized spacial score (nSPS) is 30.9. The minimum Gasteiger partial charge on any atom is -0.428 e. The quantitative estimate of drug-likeness (QED) is 0.820. The third kappa shape index (κ3) is 4.13. The van der Waals surface area contributed by atoms with Gasteiger partial charge in [0, 0.05) is 0 Å². The van der Waals surface area contributed by atoms with Gasteiger partial charge < -0.3 is 14.6 Å². The number of carbonyl (C=O) groups is 1. The van der Waals surface area contributed by atoms with E-state index in [-0.39, 0.29) is 11.7 Å². The third-order valence-corrected chi connectivity index (χ3v) is 5.45. The van der Waals surface area contributed by atoms with E-state index in [1.54, 1.807) is 18.2 Å². The van der Waals surface area contributed by atoms with Crippen LogP contribution in [-0.2, 0) is 14.3 Å². The maximum Gasteiger partial charge on any atom is 0.339 e. The van der Waals surface area contributed by atoms with Gasteiger partial charge in [0.1, 0.15) is 6.10 Å². The van der Waals surface area contributed by atoms with Gasteiger partial charge in [0.25, 0.3) is 0 Å². The molecule has 0 amide bonds. The van der Waals surface area contributed by atoms with Crippen LogP contribution in [0.25, 0.3) is 0 Å². The van der Waals surface area contributed by atoms with Crippen molar-refractivity contribution in [2.24, 2.45) is 17.8 Å². The number of benzene rings is 1. The van der Waals surface area contributed by atoms with Crippen LogP contribution < -0.4 is 0 Å². The minimum absolute atomic E-state index is 0.0889. The van der Waals surface area contributed by atoms with Gasteiger partial charge in [-0.25, -0.2) is 4.79 Å². The molecule has 2 aliphatic rings. The number of esters is 1. The topological polar surface area (TPSA) is 55.8 Å². The fraction of sp³-hybridized carbons (Fsp3) is 0.571. The number of rotatable bonds is 5. The predicted molar refractivity (Wildman–Crippen MR) is 95.6 cm³/mol. The highest BCUT2D eigenvalue weighted by Crippen LogP contribution is 2.37. The lowest BCUT2D eigenvalue weighted by molar-refractivity contribution is -0.179. The average Bonchev–Trinajstić information content (AvgIpc) is 2.95. The molecule has 1 saturated carbocycles. The molecular formula is C21H28O4. The molecule has 0 aromatic heterocycles.